The van der Waals surface area contributed by atoms with Crippen molar-refractivity contribution in [1.82, 2.24) is 10.2 Å². The first kappa shape index (κ1) is 14.0. The van der Waals surface area contributed by atoms with E-state index in [1.54, 1.807) is 17.0 Å². The quantitative estimate of drug-likeness (QED) is 0.821. The first-order chi connectivity index (χ1) is 9.06. The molecule has 2 atom stereocenters. The number of rotatable bonds is 5. The predicted molar refractivity (Wildman–Crippen MR) is 70.7 cm³/mol. The molecule has 2 amide bonds. The summed E-state index contributed by atoms with van der Waals surface area (Å²) in [6.45, 7) is 0.548. The molecule has 5 nitrogen and oxygen atoms in total. The van der Waals surface area contributed by atoms with Gasteiger partial charge in [-0.3, -0.25) is 14.5 Å². The highest BCUT2D eigenvalue weighted by atomic mass is 32.1. The van der Waals surface area contributed by atoms with Crippen molar-refractivity contribution < 1.29 is 14.0 Å². The van der Waals surface area contributed by atoms with Crippen molar-refractivity contribution in [2.24, 2.45) is 5.73 Å². The zero-order valence-corrected chi connectivity index (χ0v) is 11.2. The fourth-order valence-electron chi connectivity index (χ4n) is 2.23. The number of amides is 2. The van der Waals surface area contributed by atoms with Crippen molar-refractivity contribution in [3.8, 4) is 0 Å². The number of alkyl halides is 1. The summed E-state index contributed by atoms with van der Waals surface area (Å²) in [6.07, 6.45) is -0.652. The molecule has 1 aromatic rings. The van der Waals surface area contributed by atoms with E-state index in [0.29, 0.717) is 17.8 Å². The van der Waals surface area contributed by atoms with Crippen LogP contribution in [0, 0.1) is 0 Å². The maximum Gasteiger partial charge on any atom is 0.261 e. The Morgan fingerprint density at radius 2 is 2.37 bits per heavy atom. The third-order valence-electron chi connectivity index (χ3n) is 3.08. The van der Waals surface area contributed by atoms with Crippen molar-refractivity contribution >= 4 is 23.2 Å². The molecule has 0 radical (unpaired) electrons. The van der Waals surface area contributed by atoms with Gasteiger partial charge in [-0.05, 0) is 17.9 Å². The van der Waals surface area contributed by atoms with Gasteiger partial charge >= 0.3 is 0 Å². The molecule has 0 aliphatic carbocycles. The second-order valence-corrected chi connectivity index (χ2v) is 5.52. The van der Waals surface area contributed by atoms with Gasteiger partial charge in [0, 0.05) is 19.1 Å². The van der Waals surface area contributed by atoms with E-state index in [4.69, 9.17) is 5.73 Å². The van der Waals surface area contributed by atoms with Crippen molar-refractivity contribution in [3.63, 3.8) is 0 Å². The molecule has 2 heterocycles. The summed E-state index contributed by atoms with van der Waals surface area (Å²) in [5.74, 6) is -0.653. The summed E-state index contributed by atoms with van der Waals surface area (Å²) in [6, 6.07) is 3.35. The number of nitrogens with zero attached hydrogens (tertiary/aromatic N) is 1. The lowest BCUT2D eigenvalue weighted by atomic mass is 10.2. The van der Waals surface area contributed by atoms with Gasteiger partial charge < -0.3 is 11.1 Å². The Morgan fingerprint density at radius 3 is 3.00 bits per heavy atom. The number of nitrogens with two attached hydrogens (primary N) is 1. The Hall–Kier alpha value is -1.47. The highest BCUT2D eigenvalue weighted by molar-refractivity contribution is 7.12. The fourth-order valence-corrected chi connectivity index (χ4v) is 2.87. The van der Waals surface area contributed by atoms with Crippen molar-refractivity contribution in [2.75, 3.05) is 19.6 Å². The molecule has 19 heavy (non-hydrogen) atoms. The first-order valence-electron chi connectivity index (χ1n) is 6.04. The SMILES string of the molecule is NC(=O)CN1C[C@@H](F)C[C@H]1CNC(=O)c1cccs1. The molecule has 0 saturated carbocycles. The van der Waals surface area contributed by atoms with Crippen molar-refractivity contribution in [3.05, 3.63) is 22.4 Å². The number of carbonyl (C=O) groups excluding carboxylic acids is 2. The zero-order valence-electron chi connectivity index (χ0n) is 10.3. The lowest BCUT2D eigenvalue weighted by Gasteiger charge is -2.22. The molecule has 1 fully saturated rings. The van der Waals surface area contributed by atoms with Crippen LogP contribution >= 0.6 is 11.3 Å². The van der Waals surface area contributed by atoms with Gasteiger partial charge in [0.1, 0.15) is 6.17 Å². The minimum atomic E-state index is -0.969. The maximum atomic E-state index is 13.4. The normalized spacial score (nSPS) is 23.4. The van der Waals surface area contributed by atoms with Crippen LogP contribution in [0.4, 0.5) is 4.39 Å². The number of likely N-dealkylation sites (tertiary alicyclic amines) is 1. The summed E-state index contributed by atoms with van der Waals surface area (Å²) in [7, 11) is 0. The van der Waals surface area contributed by atoms with Gasteiger partial charge in [0.05, 0.1) is 11.4 Å². The third-order valence-corrected chi connectivity index (χ3v) is 3.95. The van der Waals surface area contributed by atoms with Crippen LogP contribution in [0.1, 0.15) is 16.1 Å². The van der Waals surface area contributed by atoms with Gasteiger partial charge in [0.15, 0.2) is 0 Å². The molecule has 7 heteroatoms. The van der Waals surface area contributed by atoms with Crippen LogP contribution < -0.4 is 11.1 Å². The van der Waals surface area contributed by atoms with Crippen LogP contribution in [0.5, 0.6) is 0 Å². The largest absolute Gasteiger partial charge is 0.369 e. The van der Waals surface area contributed by atoms with Crippen LogP contribution in [0.15, 0.2) is 17.5 Å². The number of primary amides is 1. The van der Waals surface area contributed by atoms with E-state index in [-0.39, 0.29) is 25.0 Å². The van der Waals surface area contributed by atoms with Crippen molar-refractivity contribution in [1.29, 1.82) is 0 Å². The average Bonchev–Trinajstić information content (AvgIpc) is 2.95. The molecule has 0 aromatic carbocycles. The van der Waals surface area contributed by atoms with E-state index >= 15 is 0 Å². The Labute approximate surface area is 114 Å². The standard InChI is InChI=1S/C12H16FN3O2S/c13-8-4-9(16(6-8)7-11(14)17)5-15-12(18)10-2-1-3-19-10/h1-3,8-9H,4-7H2,(H2,14,17)(H,15,18)/t8-,9-/m0/s1. The van der Waals surface area contributed by atoms with E-state index in [0.717, 1.165) is 0 Å². The number of halogens is 1. The van der Waals surface area contributed by atoms with E-state index in [2.05, 4.69) is 5.32 Å². The molecule has 0 unspecified atom stereocenters. The molecule has 3 N–H and O–H groups in total. The van der Waals surface area contributed by atoms with Gasteiger partial charge in [-0.2, -0.15) is 0 Å². The molecule has 1 saturated heterocycles. The van der Waals surface area contributed by atoms with Gasteiger partial charge in [-0.15, -0.1) is 11.3 Å². The van der Waals surface area contributed by atoms with Crippen LogP contribution in [0.3, 0.4) is 0 Å². The third kappa shape index (κ3) is 3.74. The number of thiophene rings is 1. The molecule has 0 bridgehead atoms. The Kier molecular flexibility index (Phi) is 4.49. The maximum absolute atomic E-state index is 13.4. The highest BCUT2D eigenvalue weighted by Gasteiger charge is 2.32. The monoisotopic (exact) mass is 285 g/mol. The number of hydrogen-bond acceptors (Lipinski definition) is 4. The van der Waals surface area contributed by atoms with Crippen molar-refractivity contribution in [2.45, 2.75) is 18.6 Å². The molecule has 1 aliphatic heterocycles. The Bertz CT molecular complexity index is 452. The van der Waals surface area contributed by atoms with E-state index in [1.807, 2.05) is 5.38 Å². The summed E-state index contributed by atoms with van der Waals surface area (Å²) in [4.78, 5) is 25.0. The lowest BCUT2D eigenvalue weighted by Crippen LogP contribution is -2.43. The molecule has 1 aromatic heterocycles. The number of nitrogens with one attached hydrogen (secondary N) is 1. The fraction of sp³-hybridized carbons (Fsp3) is 0.500. The summed E-state index contributed by atoms with van der Waals surface area (Å²) < 4.78 is 13.4. The minimum absolute atomic E-state index is 0.0277. The molecular formula is C12H16FN3O2S. The molecule has 1 aliphatic rings. The second kappa shape index (κ2) is 6.12. The Balaban J connectivity index is 1.87. The topological polar surface area (TPSA) is 75.4 Å². The predicted octanol–water partition coefficient (Wildman–Crippen LogP) is 0.376. The molecular weight excluding hydrogens is 269 g/mol. The number of carbonyl (C=O) groups is 2. The second-order valence-electron chi connectivity index (χ2n) is 4.57. The van der Waals surface area contributed by atoms with Crippen LogP contribution in [-0.2, 0) is 4.79 Å². The molecule has 0 spiro atoms. The smallest absolute Gasteiger partial charge is 0.261 e. The van der Waals surface area contributed by atoms with Crippen LogP contribution in [0.2, 0.25) is 0 Å². The van der Waals surface area contributed by atoms with Gasteiger partial charge in [0.2, 0.25) is 5.91 Å². The van der Waals surface area contributed by atoms with Gasteiger partial charge in [0.25, 0.3) is 5.91 Å². The molecule has 104 valence electrons. The first-order valence-corrected chi connectivity index (χ1v) is 6.92. The van der Waals surface area contributed by atoms with E-state index in [1.165, 1.54) is 11.3 Å². The summed E-state index contributed by atoms with van der Waals surface area (Å²) in [5, 5.41) is 4.58. The van der Waals surface area contributed by atoms with Gasteiger partial charge in [-0.1, -0.05) is 6.07 Å². The number of hydrogen-bond donors (Lipinski definition) is 2. The minimum Gasteiger partial charge on any atom is -0.369 e. The summed E-state index contributed by atoms with van der Waals surface area (Å²) >= 11 is 1.35. The molecule has 2 rings (SSSR count). The summed E-state index contributed by atoms with van der Waals surface area (Å²) in [5.41, 5.74) is 5.12. The zero-order chi connectivity index (χ0) is 13.8. The Morgan fingerprint density at radius 1 is 1.58 bits per heavy atom. The van der Waals surface area contributed by atoms with Crippen LogP contribution in [0.25, 0.3) is 0 Å². The lowest BCUT2D eigenvalue weighted by molar-refractivity contribution is -0.119. The highest BCUT2D eigenvalue weighted by Crippen LogP contribution is 2.19. The van der Waals surface area contributed by atoms with Gasteiger partial charge in [-0.25, -0.2) is 4.39 Å². The average molecular weight is 285 g/mol. The van der Waals surface area contributed by atoms with Crippen LogP contribution in [-0.4, -0.2) is 48.6 Å². The van der Waals surface area contributed by atoms with E-state index < -0.39 is 12.1 Å². The van der Waals surface area contributed by atoms with E-state index in [9.17, 15) is 14.0 Å².